The number of halogens is 3. The smallest absolute Gasteiger partial charge is 0.456 e. The number of hydrogen-bond acceptors (Lipinski definition) is 7. The first-order valence-corrected chi connectivity index (χ1v) is 29.2. The second-order valence-corrected chi connectivity index (χ2v) is 23.6. The molecule has 85 heavy (non-hydrogen) atoms. The third kappa shape index (κ3) is 10.9. The van der Waals surface area contributed by atoms with Gasteiger partial charge in [0.05, 0.1) is 11.2 Å². The van der Waals surface area contributed by atoms with Crippen LogP contribution in [0.25, 0.3) is 120 Å². The van der Waals surface area contributed by atoms with Crippen LogP contribution in [0.5, 0.6) is 0 Å². The second kappa shape index (κ2) is 23.4. The van der Waals surface area contributed by atoms with Crippen LogP contribution in [-0.2, 0) is 9.31 Å². The Kier molecular flexibility index (Phi) is 15.8. The summed E-state index contributed by atoms with van der Waals surface area (Å²) < 4.78 is 31.4. The SMILES string of the molecule is C.CC1(C)OB(c2ccc(-c3ccc4oc5ccccc5c4c3)c3ccccc23)OC1(C)C.Clc1ccc(-c2ccc3oc4ccccc4c3c2)c2ccccc12.Clc1ccc(Br)c2ccccc12.OB(O)c1ccc2oc3ccccc3c2c1. The minimum Gasteiger partial charge on any atom is -0.456 e. The van der Waals surface area contributed by atoms with Gasteiger partial charge in [0.15, 0.2) is 0 Å². The Morgan fingerprint density at radius 2 is 0.718 bits per heavy atom. The first-order valence-electron chi connectivity index (χ1n) is 27.7. The van der Waals surface area contributed by atoms with Crippen molar-refractivity contribution in [3.63, 3.8) is 0 Å². The van der Waals surface area contributed by atoms with Crippen LogP contribution in [0.3, 0.4) is 0 Å². The highest BCUT2D eigenvalue weighted by molar-refractivity contribution is 9.10. The van der Waals surface area contributed by atoms with Crippen LogP contribution < -0.4 is 10.9 Å². The quantitative estimate of drug-likeness (QED) is 0.169. The summed E-state index contributed by atoms with van der Waals surface area (Å²) in [7, 11) is -1.84. The van der Waals surface area contributed by atoms with Gasteiger partial charge in [0.1, 0.15) is 33.5 Å². The summed E-state index contributed by atoms with van der Waals surface area (Å²) in [4.78, 5) is 0. The first kappa shape index (κ1) is 57.3. The van der Waals surface area contributed by atoms with Crippen molar-refractivity contribution in [3.8, 4) is 22.3 Å². The number of hydrogen-bond donors (Lipinski definition) is 2. The lowest BCUT2D eigenvalue weighted by Gasteiger charge is -2.32. The van der Waals surface area contributed by atoms with Gasteiger partial charge in [-0.2, -0.15) is 0 Å². The van der Waals surface area contributed by atoms with Gasteiger partial charge in [0, 0.05) is 57.6 Å². The first-order chi connectivity index (χ1) is 40.7. The Morgan fingerprint density at radius 1 is 0.365 bits per heavy atom. The number of furan rings is 3. The fraction of sp³-hybridized carbons (Fsp3) is 0.0959. The molecular formula is C73H57B2BrCl2O7. The van der Waals surface area contributed by atoms with Gasteiger partial charge in [0.25, 0.3) is 0 Å². The topological polar surface area (TPSA) is 98.3 Å². The molecule has 0 radical (unpaired) electrons. The monoisotopic (exact) mass is 1220 g/mol. The van der Waals surface area contributed by atoms with E-state index in [1.54, 1.807) is 18.2 Å². The molecule has 0 bridgehead atoms. The molecule has 16 rings (SSSR count). The largest absolute Gasteiger partial charge is 0.495 e. The molecule has 0 amide bonds. The average molecular weight is 1220 g/mol. The maximum Gasteiger partial charge on any atom is 0.495 e. The Labute approximate surface area is 511 Å². The van der Waals surface area contributed by atoms with Gasteiger partial charge >= 0.3 is 14.2 Å². The van der Waals surface area contributed by atoms with E-state index in [1.165, 1.54) is 27.6 Å². The van der Waals surface area contributed by atoms with Gasteiger partial charge < -0.3 is 32.6 Å². The van der Waals surface area contributed by atoms with Crippen molar-refractivity contribution in [1.82, 2.24) is 0 Å². The fourth-order valence-corrected chi connectivity index (χ4v) is 12.1. The third-order valence-corrected chi connectivity index (χ3v) is 17.6. The highest BCUT2D eigenvalue weighted by Crippen LogP contribution is 2.41. The molecule has 12 aromatic carbocycles. The summed E-state index contributed by atoms with van der Waals surface area (Å²) in [6.07, 6.45) is 0. The van der Waals surface area contributed by atoms with Crippen molar-refractivity contribution in [3.05, 3.63) is 251 Å². The predicted molar refractivity (Wildman–Crippen MR) is 361 cm³/mol. The number of fused-ring (bicyclic) bond motifs is 12. The molecule has 1 aliphatic rings. The summed E-state index contributed by atoms with van der Waals surface area (Å²) in [6, 6.07) is 79.0. The normalized spacial score (nSPS) is 13.4. The lowest BCUT2D eigenvalue weighted by Crippen LogP contribution is -2.41. The molecule has 0 unspecified atom stereocenters. The van der Waals surface area contributed by atoms with E-state index < -0.39 is 7.12 Å². The molecule has 3 aromatic heterocycles. The van der Waals surface area contributed by atoms with E-state index in [0.717, 1.165) is 113 Å². The Hall–Kier alpha value is -8.15. The van der Waals surface area contributed by atoms with Gasteiger partial charge in [-0.3, -0.25) is 0 Å². The van der Waals surface area contributed by atoms with Crippen molar-refractivity contribution in [2.75, 3.05) is 0 Å². The fourth-order valence-electron chi connectivity index (χ4n) is 11.2. The van der Waals surface area contributed by atoms with Gasteiger partial charge in [-0.05, 0) is 149 Å². The van der Waals surface area contributed by atoms with E-state index in [9.17, 15) is 0 Å². The molecule has 0 saturated carbocycles. The van der Waals surface area contributed by atoms with Crippen molar-refractivity contribution in [1.29, 1.82) is 0 Å². The molecular weight excluding hydrogens is 1160 g/mol. The molecule has 4 heterocycles. The molecule has 1 aliphatic heterocycles. The van der Waals surface area contributed by atoms with Gasteiger partial charge in [-0.15, -0.1) is 0 Å². The van der Waals surface area contributed by atoms with Gasteiger partial charge in [-0.25, -0.2) is 0 Å². The van der Waals surface area contributed by atoms with Crippen molar-refractivity contribution >= 4 is 162 Å². The highest BCUT2D eigenvalue weighted by atomic mass is 79.9. The van der Waals surface area contributed by atoms with Crippen LogP contribution >= 0.6 is 39.1 Å². The van der Waals surface area contributed by atoms with E-state index in [4.69, 9.17) is 55.8 Å². The Morgan fingerprint density at radius 3 is 1.19 bits per heavy atom. The van der Waals surface area contributed by atoms with Crippen molar-refractivity contribution in [2.24, 2.45) is 0 Å². The van der Waals surface area contributed by atoms with Crippen LogP contribution in [0.1, 0.15) is 35.1 Å². The van der Waals surface area contributed by atoms with Crippen LogP contribution in [0.2, 0.25) is 10.0 Å². The second-order valence-electron chi connectivity index (χ2n) is 21.9. The average Bonchev–Trinajstić information content (AvgIpc) is 2.16. The van der Waals surface area contributed by atoms with Crippen molar-refractivity contribution in [2.45, 2.75) is 46.3 Å². The molecule has 12 heteroatoms. The summed E-state index contributed by atoms with van der Waals surface area (Å²) >= 11 is 15.8. The van der Waals surface area contributed by atoms with Crippen LogP contribution in [0.15, 0.2) is 254 Å². The lowest BCUT2D eigenvalue weighted by atomic mass is 9.75. The Bertz CT molecular complexity index is 4930. The van der Waals surface area contributed by atoms with E-state index in [0.29, 0.717) is 5.46 Å². The molecule has 0 atom stereocenters. The van der Waals surface area contributed by atoms with E-state index in [1.807, 2.05) is 115 Å². The Balaban J connectivity index is 0.000000118. The maximum atomic E-state index is 9.12. The van der Waals surface area contributed by atoms with Gasteiger partial charge in [0.2, 0.25) is 0 Å². The zero-order valence-electron chi connectivity index (χ0n) is 46.2. The number of rotatable bonds is 4. The highest BCUT2D eigenvalue weighted by Gasteiger charge is 2.52. The summed E-state index contributed by atoms with van der Waals surface area (Å²) in [6.45, 7) is 8.37. The molecule has 2 N–H and O–H groups in total. The number of para-hydroxylation sites is 3. The van der Waals surface area contributed by atoms with Crippen LogP contribution in [0, 0.1) is 0 Å². The molecule has 0 aliphatic carbocycles. The van der Waals surface area contributed by atoms with Gasteiger partial charge in [-0.1, -0.05) is 216 Å². The lowest BCUT2D eigenvalue weighted by molar-refractivity contribution is 0.00578. The zero-order chi connectivity index (χ0) is 57.9. The predicted octanol–water partition coefficient (Wildman–Crippen LogP) is 19.9. The maximum absolute atomic E-state index is 9.12. The minimum absolute atomic E-state index is 0. The molecule has 15 aromatic rings. The van der Waals surface area contributed by atoms with E-state index >= 15 is 0 Å². The standard InChI is InChI=1S/C28H25BO3.C22H13ClO.C12H9BO3.C10H6BrCl.CH4/c1-27(2)28(3,4)32-29(31-27)24-15-14-19(20-9-5-6-10-21(20)24)18-13-16-26-23(17-18)22-11-7-8-12-25(22)30-26;23-20-11-10-15(16-5-1-2-6-17(16)20)14-9-12-22-19(13-14)18-7-3-4-8-21(18)24-22;14-13(15)8-5-6-12-10(7-8)9-3-1-2-4-11(9)16-12;11-9-5-6-10(12)8-4-2-1-3-7(8)9;/h5-17H,1-4H3;1-13H;1-7,14-15H;1-6H;1H4. The van der Waals surface area contributed by atoms with E-state index in [2.05, 4.69) is 147 Å². The summed E-state index contributed by atoms with van der Waals surface area (Å²) in [5.41, 5.74) is 10.7. The molecule has 7 nitrogen and oxygen atoms in total. The molecule has 0 spiro atoms. The zero-order valence-corrected chi connectivity index (χ0v) is 49.3. The van der Waals surface area contributed by atoms with Crippen molar-refractivity contribution < 1.29 is 32.6 Å². The third-order valence-electron chi connectivity index (χ3n) is 16.2. The molecule has 1 fully saturated rings. The summed E-state index contributed by atoms with van der Waals surface area (Å²) in [5.74, 6) is 0. The number of benzene rings is 12. The van der Waals surface area contributed by atoms with Crippen LogP contribution in [0.4, 0.5) is 0 Å². The molecule has 418 valence electrons. The summed E-state index contributed by atoms with van der Waals surface area (Å²) in [5, 5.41) is 33.1. The molecule has 1 saturated heterocycles. The van der Waals surface area contributed by atoms with E-state index in [-0.39, 0.29) is 25.7 Å². The minimum atomic E-state index is -1.45. The van der Waals surface area contributed by atoms with Crippen LogP contribution in [-0.4, -0.2) is 35.5 Å².